The second kappa shape index (κ2) is 6.62. The number of fused-ring (bicyclic) bond motifs is 1. The van der Waals surface area contributed by atoms with E-state index >= 15 is 0 Å². The molecule has 1 nitrogen and oxygen atoms in total. The van der Waals surface area contributed by atoms with E-state index in [0.717, 1.165) is 24.8 Å². The van der Waals surface area contributed by atoms with Crippen molar-refractivity contribution in [3.05, 3.63) is 48.0 Å². The summed E-state index contributed by atoms with van der Waals surface area (Å²) in [6.07, 6.45) is 5.23. The monoisotopic (exact) mass is 281 g/mol. The highest BCUT2D eigenvalue weighted by atomic mass is 14.9. The summed E-state index contributed by atoms with van der Waals surface area (Å²) in [7, 11) is 0. The summed E-state index contributed by atoms with van der Waals surface area (Å²) in [5.41, 5.74) is 1.49. The third-order valence-corrected chi connectivity index (χ3v) is 4.98. The van der Waals surface area contributed by atoms with Crippen LogP contribution < -0.4 is 5.32 Å². The molecule has 21 heavy (non-hydrogen) atoms. The van der Waals surface area contributed by atoms with Crippen LogP contribution >= 0.6 is 0 Å². The Kier molecular flexibility index (Phi) is 4.60. The SMILES string of the molecule is CCCNC(Cc1cccc2ccccc12)C(C)C1CC1. The molecule has 1 fully saturated rings. The lowest BCUT2D eigenvalue weighted by atomic mass is 9.89. The van der Waals surface area contributed by atoms with Crippen molar-refractivity contribution in [3.63, 3.8) is 0 Å². The average molecular weight is 281 g/mol. The highest BCUT2D eigenvalue weighted by molar-refractivity contribution is 5.85. The molecule has 0 radical (unpaired) electrons. The van der Waals surface area contributed by atoms with Crippen LogP contribution in [0.3, 0.4) is 0 Å². The Bertz CT molecular complexity index is 580. The number of nitrogens with one attached hydrogen (secondary N) is 1. The van der Waals surface area contributed by atoms with Gasteiger partial charge in [-0.1, -0.05) is 56.3 Å². The quantitative estimate of drug-likeness (QED) is 0.769. The van der Waals surface area contributed by atoms with Crippen LogP contribution in [0.4, 0.5) is 0 Å². The molecule has 1 N–H and O–H groups in total. The molecule has 1 heteroatoms. The first-order chi connectivity index (χ1) is 10.3. The van der Waals surface area contributed by atoms with Gasteiger partial charge in [-0.25, -0.2) is 0 Å². The van der Waals surface area contributed by atoms with Crippen molar-refractivity contribution < 1.29 is 0 Å². The van der Waals surface area contributed by atoms with Crippen LogP contribution in [0.15, 0.2) is 42.5 Å². The number of hydrogen-bond acceptors (Lipinski definition) is 1. The lowest BCUT2D eigenvalue weighted by Gasteiger charge is -2.26. The van der Waals surface area contributed by atoms with E-state index < -0.39 is 0 Å². The summed E-state index contributed by atoms with van der Waals surface area (Å²) in [6.45, 7) is 5.83. The molecule has 0 bridgehead atoms. The Labute approximate surface area is 128 Å². The van der Waals surface area contributed by atoms with Gasteiger partial charge in [0.25, 0.3) is 0 Å². The van der Waals surface area contributed by atoms with Gasteiger partial charge in [-0.3, -0.25) is 0 Å². The summed E-state index contributed by atoms with van der Waals surface area (Å²) in [5.74, 6) is 1.74. The topological polar surface area (TPSA) is 12.0 Å². The van der Waals surface area contributed by atoms with Gasteiger partial charge >= 0.3 is 0 Å². The lowest BCUT2D eigenvalue weighted by molar-refractivity contribution is 0.340. The van der Waals surface area contributed by atoms with Gasteiger partial charge < -0.3 is 5.32 Å². The fourth-order valence-corrected chi connectivity index (χ4v) is 3.43. The Morgan fingerprint density at radius 1 is 1.10 bits per heavy atom. The maximum Gasteiger partial charge on any atom is 0.0136 e. The van der Waals surface area contributed by atoms with Crippen LogP contribution in [0.5, 0.6) is 0 Å². The molecule has 2 aromatic rings. The van der Waals surface area contributed by atoms with Crippen molar-refractivity contribution >= 4 is 10.8 Å². The summed E-state index contributed by atoms with van der Waals surface area (Å²) in [5, 5.41) is 6.59. The van der Waals surface area contributed by atoms with E-state index in [4.69, 9.17) is 0 Å². The molecule has 1 saturated carbocycles. The van der Waals surface area contributed by atoms with E-state index in [-0.39, 0.29) is 0 Å². The van der Waals surface area contributed by atoms with Crippen molar-refractivity contribution in [2.75, 3.05) is 6.54 Å². The van der Waals surface area contributed by atoms with Gasteiger partial charge in [-0.2, -0.15) is 0 Å². The van der Waals surface area contributed by atoms with E-state index in [0.29, 0.717) is 6.04 Å². The van der Waals surface area contributed by atoms with E-state index in [9.17, 15) is 0 Å². The van der Waals surface area contributed by atoms with Gasteiger partial charge in [-0.05, 0) is 60.4 Å². The molecule has 2 unspecified atom stereocenters. The number of rotatable bonds is 7. The molecule has 0 heterocycles. The summed E-state index contributed by atoms with van der Waals surface area (Å²) in [4.78, 5) is 0. The highest BCUT2D eigenvalue weighted by Gasteiger charge is 2.33. The first-order valence-corrected chi connectivity index (χ1v) is 8.49. The maximum atomic E-state index is 3.80. The normalized spacial score (nSPS) is 17.8. The van der Waals surface area contributed by atoms with E-state index in [1.54, 1.807) is 0 Å². The Morgan fingerprint density at radius 3 is 2.62 bits per heavy atom. The number of benzene rings is 2. The second-order valence-electron chi connectivity index (χ2n) is 6.60. The van der Waals surface area contributed by atoms with E-state index in [1.165, 1.54) is 35.6 Å². The fraction of sp³-hybridized carbons (Fsp3) is 0.500. The van der Waals surface area contributed by atoms with Crippen LogP contribution in [0.25, 0.3) is 10.8 Å². The molecule has 3 rings (SSSR count). The zero-order valence-corrected chi connectivity index (χ0v) is 13.3. The average Bonchev–Trinajstić information content (AvgIpc) is 3.35. The molecular weight excluding hydrogens is 254 g/mol. The minimum absolute atomic E-state index is 0.614. The van der Waals surface area contributed by atoms with Crippen molar-refractivity contribution in [2.45, 2.75) is 45.6 Å². The molecule has 1 aliphatic carbocycles. The minimum Gasteiger partial charge on any atom is -0.313 e. The fourth-order valence-electron chi connectivity index (χ4n) is 3.43. The Hall–Kier alpha value is -1.34. The van der Waals surface area contributed by atoms with Crippen LogP contribution in [0.1, 0.15) is 38.7 Å². The molecule has 2 atom stereocenters. The largest absolute Gasteiger partial charge is 0.313 e. The van der Waals surface area contributed by atoms with Crippen LogP contribution in [0, 0.1) is 11.8 Å². The van der Waals surface area contributed by atoms with Crippen LogP contribution in [-0.2, 0) is 6.42 Å². The predicted octanol–water partition coefficient (Wildman–Crippen LogP) is 4.80. The Morgan fingerprint density at radius 2 is 1.86 bits per heavy atom. The smallest absolute Gasteiger partial charge is 0.0136 e. The lowest BCUT2D eigenvalue weighted by Crippen LogP contribution is -2.38. The molecule has 0 aromatic heterocycles. The third kappa shape index (κ3) is 3.47. The second-order valence-corrected chi connectivity index (χ2v) is 6.60. The molecule has 0 amide bonds. The zero-order valence-electron chi connectivity index (χ0n) is 13.3. The third-order valence-electron chi connectivity index (χ3n) is 4.98. The molecule has 2 aromatic carbocycles. The van der Waals surface area contributed by atoms with Crippen molar-refractivity contribution in [1.29, 1.82) is 0 Å². The first-order valence-electron chi connectivity index (χ1n) is 8.49. The first kappa shape index (κ1) is 14.6. The van der Waals surface area contributed by atoms with Crippen LogP contribution in [-0.4, -0.2) is 12.6 Å². The Balaban J connectivity index is 1.82. The van der Waals surface area contributed by atoms with Gasteiger partial charge in [0.15, 0.2) is 0 Å². The summed E-state index contributed by atoms with van der Waals surface area (Å²) < 4.78 is 0. The summed E-state index contributed by atoms with van der Waals surface area (Å²) in [6, 6.07) is 16.1. The van der Waals surface area contributed by atoms with Crippen molar-refractivity contribution in [2.24, 2.45) is 11.8 Å². The van der Waals surface area contributed by atoms with Crippen molar-refractivity contribution in [3.8, 4) is 0 Å². The van der Waals surface area contributed by atoms with E-state index in [1.807, 2.05) is 0 Å². The zero-order chi connectivity index (χ0) is 14.7. The van der Waals surface area contributed by atoms with Crippen LogP contribution in [0.2, 0.25) is 0 Å². The molecule has 112 valence electrons. The molecule has 0 saturated heterocycles. The molecule has 0 spiro atoms. The molecule has 1 aliphatic rings. The minimum atomic E-state index is 0.614. The van der Waals surface area contributed by atoms with Gasteiger partial charge in [0.1, 0.15) is 0 Å². The van der Waals surface area contributed by atoms with Gasteiger partial charge in [0, 0.05) is 6.04 Å². The number of hydrogen-bond donors (Lipinski definition) is 1. The molecule has 0 aliphatic heterocycles. The van der Waals surface area contributed by atoms with Gasteiger partial charge in [0.05, 0.1) is 0 Å². The van der Waals surface area contributed by atoms with Crippen molar-refractivity contribution in [1.82, 2.24) is 5.32 Å². The van der Waals surface area contributed by atoms with Gasteiger partial charge in [0.2, 0.25) is 0 Å². The highest BCUT2D eigenvalue weighted by Crippen LogP contribution is 2.39. The predicted molar refractivity (Wildman–Crippen MR) is 91.6 cm³/mol. The molecular formula is C20H27N. The standard InChI is InChI=1S/C20H27N/c1-3-13-21-20(15(2)16-11-12-16)14-18-9-6-8-17-7-4-5-10-19(17)18/h4-10,15-16,20-21H,3,11-14H2,1-2H3. The van der Waals surface area contributed by atoms with E-state index in [2.05, 4.69) is 61.6 Å². The van der Waals surface area contributed by atoms with Gasteiger partial charge in [-0.15, -0.1) is 0 Å². The summed E-state index contributed by atoms with van der Waals surface area (Å²) >= 11 is 0. The maximum absolute atomic E-state index is 3.80.